The summed E-state index contributed by atoms with van der Waals surface area (Å²) in [6.07, 6.45) is 5.90. The predicted molar refractivity (Wildman–Crippen MR) is 112 cm³/mol. The number of rotatable bonds is 6. The first-order valence-electron chi connectivity index (χ1n) is 8.48. The molecule has 1 saturated heterocycles. The van der Waals surface area contributed by atoms with Gasteiger partial charge in [-0.1, -0.05) is 6.42 Å². The maximum atomic E-state index is 4.33. The van der Waals surface area contributed by atoms with Gasteiger partial charge in [-0.25, -0.2) is 4.98 Å². The summed E-state index contributed by atoms with van der Waals surface area (Å²) in [5.74, 6) is 1.82. The van der Waals surface area contributed by atoms with Crippen molar-refractivity contribution in [2.24, 2.45) is 4.99 Å². The molecular weight excluding hydrogens is 415 g/mol. The van der Waals surface area contributed by atoms with E-state index in [9.17, 15) is 0 Å². The van der Waals surface area contributed by atoms with E-state index in [0.29, 0.717) is 0 Å². The lowest BCUT2D eigenvalue weighted by Crippen LogP contribution is -2.42. The minimum absolute atomic E-state index is 0. The number of piperidine rings is 1. The normalized spacial score (nSPS) is 15.5. The molecule has 136 valence electrons. The van der Waals surface area contributed by atoms with E-state index in [0.717, 1.165) is 31.4 Å². The summed E-state index contributed by atoms with van der Waals surface area (Å²) in [5.41, 5.74) is 1.20. The number of aliphatic imine (C=N–C) groups is 1. The number of hydrogen-bond acceptors (Lipinski definition) is 4. The fourth-order valence-electron chi connectivity index (χ4n) is 2.74. The molecule has 0 saturated carbocycles. The van der Waals surface area contributed by atoms with Gasteiger partial charge < -0.3 is 20.4 Å². The maximum Gasteiger partial charge on any atom is 0.191 e. The SMILES string of the molecule is CN=C(NCCN1CCCCC1)NCc1ccnc(N(C)C)c1.I. The van der Waals surface area contributed by atoms with Crippen molar-refractivity contribution in [2.75, 3.05) is 52.2 Å². The molecule has 0 amide bonds. The molecule has 7 heteroatoms. The highest BCUT2D eigenvalue weighted by molar-refractivity contribution is 14.0. The van der Waals surface area contributed by atoms with Gasteiger partial charge in [0.1, 0.15) is 5.82 Å². The Bertz CT molecular complexity index is 500. The summed E-state index contributed by atoms with van der Waals surface area (Å²) >= 11 is 0. The Hall–Kier alpha value is -1.09. The Labute approximate surface area is 163 Å². The molecule has 2 N–H and O–H groups in total. The van der Waals surface area contributed by atoms with Crippen LogP contribution >= 0.6 is 24.0 Å². The molecule has 24 heavy (non-hydrogen) atoms. The van der Waals surface area contributed by atoms with Crippen molar-refractivity contribution in [3.8, 4) is 0 Å². The lowest BCUT2D eigenvalue weighted by atomic mass is 10.1. The van der Waals surface area contributed by atoms with Crippen molar-refractivity contribution in [1.29, 1.82) is 0 Å². The number of nitrogens with one attached hydrogen (secondary N) is 2. The van der Waals surface area contributed by atoms with Gasteiger partial charge in [-0.05, 0) is 43.6 Å². The first kappa shape index (κ1) is 21.0. The van der Waals surface area contributed by atoms with E-state index >= 15 is 0 Å². The first-order chi connectivity index (χ1) is 11.2. The third-order valence-corrected chi connectivity index (χ3v) is 4.12. The average Bonchev–Trinajstić information content (AvgIpc) is 2.59. The van der Waals surface area contributed by atoms with Crippen LogP contribution in [0.2, 0.25) is 0 Å². The van der Waals surface area contributed by atoms with Gasteiger partial charge in [0.25, 0.3) is 0 Å². The largest absolute Gasteiger partial charge is 0.363 e. The third-order valence-electron chi connectivity index (χ3n) is 4.12. The zero-order valence-corrected chi connectivity index (χ0v) is 17.4. The van der Waals surface area contributed by atoms with Gasteiger partial charge in [-0.15, -0.1) is 24.0 Å². The molecule has 0 unspecified atom stereocenters. The summed E-state index contributed by atoms with van der Waals surface area (Å²) in [6, 6.07) is 4.12. The molecule has 0 atom stereocenters. The molecule has 1 aromatic rings. The number of pyridine rings is 1. The van der Waals surface area contributed by atoms with Gasteiger partial charge in [0, 0.05) is 47.0 Å². The predicted octanol–water partition coefficient (Wildman–Crippen LogP) is 1.92. The van der Waals surface area contributed by atoms with E-state index in [2.05, 4.69) is 31.6 Å². The van der Waals surface area contributed by atoms with Crippen LogP contribution in [0.1, 0.15) is 24.8 Å². The molecule has 1 aromatic heterocycles. The standard InChI is InChI=1S/C17H30N6.HI/c1-18-17(20-9-12-23-10-5-4-6-11-23)21-14-15-7-8-19-16(13-15)22(2)3;/h7-8,13H,4-6,9-12,14H2,1-3H3,(H2,18,20,21);1H. The summed E-state index contributed by atoms with van der Waals surface area (Å²) in [7, 11) is 5.81. The van der Waals surface area contributed by atoms with Crippen molar-refractivity contribution in [1.82, 2.24) is 20.5 Å². The first-order valence-corrected chi connectivity index (χ1v) is 8.48. The zero-order chi connectivity index (χ0) is 16.5. The Kier molecular flexibility index (Phi) is 10.0. The average molecular weight is 446 g/mol. The molecule has 2 heterocycles. The molecule has 1 fully saturated rings. The molecule has 0 aliphatic carbocycles. The monoisotopic (exact) mass is 446 g/mol. The molecule has 0 radical (unpaired) electrons. The Balaban J connectivity index is 0.00000288. The number of aromatic nitrogens is 1. The van der Waals surface area contributed by atoms with Gasteiger partial charge in [0.15, 0.2) is 5.96 Å². The number of guanidine groups is 1. The number of halogens is 1. The fourth-order valence-corrected chi connectivity index (χ4v) is 2.74. The quantitative estimate of drug-likeness (QED) is 0.398. The molecule has 0 aromatic carbocycles. The Morgan fingerprint density at radius 2 is 2.00 bits per heavy atom. The minimum Gasteiger partial charge on any atom is -0.363 e. The van der Waals surface area contributed by atoms with Crippen LogP contribution in [0.5, 0.6) is 0 Å². The van der Waals surface area contributed by atoms with Crippen molar-refractivity contribution < 1.29 is 0 Å². The number of nitrogens with zero attached hydrogens (tertiary/aromatic N) is 4. The van der Waals surface area contributed by atoms with E-state index < -0.39 is 0 Å². The summed E-state index contributed by atoms with van der Waals surface area (Å²) in [6.45, 7) is 5.22. The van der Waals surface area contributed by atoms with Gasteiger partial charge in [0.05, 0.1) is 0 Å². The number of hydrogen-bond donors (Lipinski definition) is 2. The molecule has 1 aliphatic heterocycles. The zero-order valence-electron chi connectivity index (χ0n) is 15.1. The van der Waals surface area contributed by atoms with Crippen LogP contribution in [-0.2, 0) is 6.54 Å². The topological polar surface area (TPSA) is 55.8 Å². The van der Waals surface area contributed by atoms with Crippen LogP contribution in [0, 0.1) is 0 Å². The smallest absolute Gasteiger partial charge is 0.191 e. The highest BCUT2D eigenvalue weighted by Gasteiger charge is 2.09. The fraction of sp³-hybridized carbons (Fsp3) is 0.647. The van der Waals surface area contributed by atoms with Crippen LogP contribution in [0.15, 0.2) is 23.3 Å². The Morgan fingerprint density at radius 3 is 2.67 bits per heavy atom. The second-order valence-electron chi connectivity index (χ2n) is 6.17. The molecular formula is C17H31IN6. The van der Waals surface area contributed by atoms with Crippen LogP contribution in [0.25, 0.3) is 0 Å². The second kappa shape index (κ2) is 11.5. The van der Waals surface area contributed by atoms with Gasteiger partial charge in [0.2, 0.25) is 0 Å². The molecule has 2 rings (SSSR count). The van der Waals surface area contributed by atoms with Crippen molar-refractivity contribution in [3.05, 3.63) is 23.9 Å². The summed E-state index contributed by atoms with van der Waals surface area (Å²) in [4.78, 5) is 13.2. The number of likely N-dealkylation sites (tertiary alicyclic amines) is 1. The van der Waals surface area contributed by atoms with E-state index in [4.69, 9.17) is 0 Å². The number of anilines is 1. The van der Waals surface area contributed by atoms with E-state index in [1.165, 1.54) is 37.9 Å². The van der Waals surface area contributed by atoms with Crippen molar-refractivity contribution >= 4 is 35.8 Å². The van der Waals surface area contributed by atoms with Gasteiger partial charge >= 0.3 is 0 Å². The highest BCUT2D eigenvalue weighted by atomic mass is 127. The third kappa shape index (κ3) is 7.21. The Morgan fingerprint density at radius 1 is 1.25 bits per heavy atom. The highest BCUT2D eigenvalue weighted by Crippen LogP contribution is 2.09. The van der Waals surface area contributed by atoms with Crippen LogP contribution < -0.4 is 15.5 Å². The lowest BCUT2D eigenvalue weighted by molar-refractivity contribution is 0.232. The second-order valence-corrected chi connectivity index (χ2v) is 6.17. The molecule has 0 spiro atoms. The molecule has 6 nitrogen and oxygen atoms in total. The minimum atomic E-state index is 0. The van der Waals surface area contributed by atoms with Gasteiger partial charge in [-0.2, -0.15) is 0 Å². The lowest BCUT2D eigenvalue weighted by Gasteiger charge is -2.26. The van der Waals surface area contributed by atoms with E-state index in [1.807, 2.05) is 38.3 Å². The van der Waals surface area contributed by atoms with Crippen molar-refractivity contribution in [3.63, 3.8) is 0 Å². The van der Waals surface area contributed by atoms with E-state index in [1.54, 1.807) is 0 Å². The van der Waals surface area contributed by atoms with E-state index in [-0.39, 0.29) is 24.0 Å². The molecule has 1 aliphatic rings. The molecule has 0 bridgehead atoms. The van der Waals surface area contributed by atoms with Crippen LogP contribution in [0.4, 0.5) is 5.82 Å². The van der Waals surface area contributed by atoms with Gasteiger partial charge in [-0.3, -0.25) is 4.99 Å². The summed E-state index contributed by atoms with van der Waals surface area (Å²) in [5, 5.41) is 6.76. The van der Waals surface area contributed by atoms with Crippen LogP contribution in [-0.4, -0.2) is 63.2 Å². The maximum absolute atomic E-state index is 4.33. The van der Waals surface area contributed by atoms with Crippen molar-refractivity contribution in [2.45, 2.75) is 25.8 Å². The summed E-state index contributed by atoms with van der Waals surface area (Å²) < 4.78 is 0. The van der Waals surface area contributed by atoms with Crippen LogP contribution in [0.3, 0.4) is 0 Å².